The fourth-order valence-electron chi connectivity index (χ4n) is 3.94. The van der Waals surface area contributed by atoms with Crippen LogP contribution in [-0.2, 0) is 0 Å². The average Bonchev–Trinajstić information content (AvgIpc) is 3.24. The van der Waals surface area contributed by atoms with E-state index < -0.39 is 4.92 Å². The van der Waals surface area contributed by atoms with E-state index >= 15 is 0 Å². The number of benzene rings is 1. The Morgan fingerprint density at radius 1 is 1.26 bits per heavy atom. The summed E-state index contributed by atoms with van der Waals surface area (Å²) in [6, 6.07) is 9.08. The number of ether oxygens (including phenoxy) is 1. The van der Waals surface area contributed by atoms with Gasteiger partial charge in [0.1, 0.15) is 11.4 Å². The molecule has 1 aromatic carbocycles. The lowest BCUT2D eigenvalue weighted by molar-refractivity contribution is -0.384. The molecule has 1 aliphatic heterocycles. The van der Waals surface area contributed by atoms with E-state index in [9.17, 15) is 10.1 Å². The highest BCUT2D eigenvalue weighted by Gasteiger charge is 2.32. The number of nitro groups is 1. The number of methoxy groups -OCH3 is 1. The molecule has 1 fully saturated rings. The maximum absolute atomic E-state index is 11.8. The number of halogens is 1. The molecule has 3 aromatic heterocycles. The smallest absolute Gasteiger partial charge is 0.294 e. The van der Waals surface area contributed by atoms with Gasteiger partial charge in [-0.05, 0) is 19.2 Å². The normalized spacial score (nSPS) is 13.7. The van der Waals surface area contributed by atoms with Crippen molar-refractivity contribution in [3.8, 4) is 17.0 Å². The Balaban J connectivity index is 1.51. The monoisotopic (exact) mass is 480 g/mol. The number of hydrogen-bond donors (Lipinski definition) is 2. The number of likely N-dealkylation sites (N-methyl/N-ethyl adjacent to an activating group) is 1. The molecule has 12 heteroatoms. The third kappa shape index (κ3) is 3.84. The van der Waals surface area contributed by atoms with Crippen molar-refractivity contribution in [2.75, 3.05) is 37.5 Å². The average molecular weight is 481 g/mol. The summed E-state index contributed by atoms with van der Waals surface area (Å²) in [5.41, 5.74) is 2.90. The Morgan fingerprint density at radius 3 is 2.82 bits per heavy atom. The van der Waals surface area contributed by atoms with Crippen LogP contribution in [-0.4, -0.2) is 57.8 Å². The summed E-state index contributed by atoms with van der Waals surface area (Å²) in [5, 5.41) is 22.7. The van der Waals surface area contributed by atoms with Crippen LogP contribution in [0.25, 0.3) is 16.8 Å². The molecule has 0 saturated carbocycles. The number of hydrogen-bond acceptors (Lipinski definition) is 9. The van der Waals surface area contributed by atoms with Crippen LogP contribution in [0.4, 0.5) is 23.0 Å². The summed E-state index contributed by atoms with van der Waals surface area (Å²) < 4.78 is 7.25. The summed E-state index contributed by atoms with van der Waals surface area (Å²) in [5.74, 6) is 0.652. The topological polar surface area (TPSA) is 123 Å². The molecule has 0 bridgehead atoms. The predicted molar refractivity (Wildman–Crippen MR) is 129 cm³/mol. The first kappa shape index (κ1) is 21.9. The van der Waals surface area contributed by atoms with Gasteiger partial charge in [0.2, 0.25) is 5.95 Å². The third-order valence-electron chi connectivity index (χ3n) is 5.80. The van der Waals surface area contributed by atoms with Crippen molar-refractivity contribution in [2.24, 2.45) is 0 Å². The molecule has 5 rings (SSSR count). The fraction of sp³-hybridized carbons (Fsp3) is 0.227. The maximum Gasteiger partial charge on any atom is 0.294 e. The van der Waals surface area contributed by atoms with E-state index in [0.717, 1.165) is 11.1 Å². The molecule has 1 saturated heterocycles. The van der Waals surface area contributed by atoms with Gasteiger partial charge in [0.05, 0.1) is 46.3 Å². The molecule has 0 spiro atoms. The molecule has 1 aliphatic rings. The minimum atomic E-state index is -0.403. The zero-order chi connectivity index (χ0) is 23.8. The molecule has 0 amide bonds. The molecule has 174 valence electrons. The Morgan fingerprint density at radius 2 is 2.09 bits per heavy atom. The van der Waals surface area contributed by atoms with E-state index in [-0.39, 0.29) is 11.6 Å². The number of pyridine rings is 1. The van der Waals surface area contributed by atoms with Crippen molar-refractivity contribution in [1.29, 1.82) is 0 Å². The van der Waals surface area contributed by atoms with E-state index in [4.69, 9.17) is 16.3 Å². The maximum atomic E-state index is 11.8. The highest BCUT2D eigenvalue weighted by Crippen LogP contribution is 2.41. The molecule has 4 heterocycles. The zero-order valence-corrected chi connectivity index (χ0v) is 19.2. The number of nitro benzene ring substituents is 1. The minimum Gasteiger partial charge on any atom is -0.494 e. The minimum absolute atomic E-state index is 0.0327. The fourth-order valence-corrected chi connectivity index (χ4v) is 4.13. The summed E-state index contributed by atoms with van der Waals surface area (Å²) in [4.78, 5) is 22.2. The van der Waals surface area contributed by atoms with Gasteiger partial charge in [-0.15, -0.1) is 0 Å². The molecule has 34 heavy (non-hydrogen) atoms. The lowest BCUT2D eigenvalue weighted by atomic mass is 10.1. The number of nitrogens with one attached hydrogen (secondary N) is 2. The number of aromatic nitrogens is 4. The molecule has 0 unspecified atom stereocenters. The second-order valence-corrected chi connectivity index (χ2v) is 8.20. The number of fused-ring (bicyclic) bond motifs is 1. The molecule has 2 N–H and O–H groups in total. The zero-order valence-electron chi connectivity index (χ0n) is 18.4. The first-order valence-corrected chi connectivity index (χ1v) is 10.9. The van der Waals surface area contributed by atoms with Crippen LogP contribution in [0, 0.1) is 10.1 Å². The van der Waals surface area contributed by atoms with Gasteiger partial charge < -0.3 is 20.3 Å². The number of nitrogens with zero attached hydrogens (tertiary/aromatic N) is 6. The van der Waals surface area contributed by atoms with Gasteiger partial charge in [-0.3, -0.25) is 10.1 Å². The van der Waals surface area contributed by atoms with Crippen molar-refractivity contribution in [1.82, 2.24) is 24.9 Å². The van der Waals surface area contributed by atoms with Crippen molar-refractivity contribution in [3.63, 3.8) is 0 Å². The Bertz CT molecular complexity index is 1390. The molecule has 0 atom stereocenters. The van der Waals surface area contributed by atoms with Gasteiger partial charge in [-0.1, -0.05) is 17.7 Å². The van der Waals surface area contributed by atoms with E-state index in [1.54, 1.807) is 16.8 Å². The van der Waals surface area contributed by atoms with Crippen LogP contribution in [0.5, 0.6) is 5.75 Å². The third-order valence-corrected chi connectivity index (χ3v) is 6.07. The second kappa shape index (κ2) is 8.76. The van der Waals surface area contributed by atoms with Crippen molar-refractivity contribution >= 4 is 40.1 Å². The SMILES string of the molecule is CNC1CN(c2cc(OC)c(Nc3ncc(Cl)c(-c4cnn5ccccc45)n3)cc2[N+](=O)[O-])C1. The van der Waals surface area contributed by atoms with E-state index in [0.29, 0.717) is 47.0 Å². The summed E-state index contributed by atoms with van der Waals surface area (Å²) >= 11 is 6.40. The largest absolute Gasteiger partial charge is 0.494 e. The summed E-state index contributed by atoms with van der Waals surface area (Å²) in [6.07, 6.45) is 4.99. The van der Waals surface area contributed by atoms with Gasteiger partial charge in [-0.2, -0.15) is 5.10 Å². The lowest BCUT2D eigenvalue weighted by Crippen LogP contribution is -2.57. The van der Waals surface area contributed by atoms with Crippen LogP contribution >= 0.6 is 11.6 Å². The van der Waals surface area contributed by atoms with Gasteiger partial charge in [-0.25, -0.2) is 14.5 Å². The Kier molecular flexibility index (Phi) is 5.64. The Labute approximate surface area is 199 Å². The molecule has 0 radical (unpaired) electrons. The summed E-state index contributed by atoms with van der Waals surface area (Å²) in [7, 11) is 3.38. The standard InChI is InChI=1S/C22H21ClN8O3/c1-24-13-11-29(12-13)18-8-20(34-2)16(7-19(18)31(32)33)27-22-25-10-15(23)21(28-22)14-9-26-30-6-4-3-5-17(14)30/h3-10,13,24H,11-12H2,1-2H3,(H,25,27,28). The quantitative estimate of drug-likeness (QED) is 0.302. The van der Waals surface area contributed by atoms with E-state index in [2.05, 4.69) is 25.7 Å². The van der Waals surface area contributed by atoms with Crippen molar-refractivity contribution < 1.29 is 9.66 Å². The number of anilines is 3. The molecule has 11 nitrogen and oxygen atoms in total. The molecular formula is C22H21ClN8O3. The molecule has 0 aliphatic carbocycles. The van der Waals surface area contributed by atoms with Crippen LogP contribution in [0.3, 0.4) is 0 Å². The highest BCUT2D eigenvalue weighted by atomic mass is 35.5. The Hall–Kier alpha value is -3.96. The van der Waals surface area contributed by atoms with Gasteiger partial charge in [0.15, 0.2) is 0 Å². The first-order chi connectivity index (χ1) is 16.5. The van der Waals surface area contributed by atoms with Crippen LogP contribution < -0.4 is 20.3 Å². The second-order valence-electron chi connectivity index (χ2n) is 7.79. The van der Waals surface area contributed by atoms with Crippen LogP contribution in [0.1, 0.15) is 0 Å². The van der Waals surface area contributed by atoms with Gasteiger partial charge in [0, 0.05) is 43.0 Å². The first-order valence-electron chi connectivity index (χ1n) is 10.5. The van der Waals surface area contributed by atoms with E-state index in [1.807, 2.05) is 36.3 Å². The molecule has 4 aromatic rings. The van der Waals surface area contributed by atoms with Crippen LogP contribution in [0.15, 0.2) is 48.9 Å². The van der Waals surface area contributed by atoms with Gasteiger partial charge >= 0.3 is 0 Å². The summed E-state index contributed by atoms with van der Waals surface area (Å²) in [6.45, 7) is 1.35. The van der Waals surface area contributed by atoms with Crippen molar-refractivity contribution in [2.45, 2.75) is 6.04 Å². The highest BCUT2D eigenvalue weighted by molar-refractivity contribution is 6.33. The van der Waals surface area contributed by atoms with Gasteiger partial charge in [0.25, 0.3) is 5.69 Å². The van der Waals surface area contributed by atoms with Crippen LogP contribution in [0.2, 0.25) is 5.02 Å². The predicted octanol–water partition coefficient (Wildman–Crippen LogP) is 3.51. The lowest BCUT2D eigenvalue weighted by Gasteiger charge is -2.40. The van der Waals surface area contributed by atoms with E-state index in [1.165, 1.54) is 19.4 Å². The molecular weight excluding hydrogens is 460 g/mol. The number of rotatable bonds is 7. The van der Waals surface area contributed by atoms with Crippen molar-refractivity contribution in [3.05, 3.63) is 64.1 Å².